The molecule has 1 heterocycles. The van der Waals surface area contributed by atoms with Crippen molar-refractivity contribution in [1.29, 1.82) is 0 Å². The van der Waals surface area contributed by atoms with Crippen LogP contribution in [0.4, 0.5) is 11.4 Å². The largest absolute Gasteiger partial charge is 0.357 e. The van der Waals surface area contributed by atoms with Gasteiger partial charge in [-0.1, -0.05) is 72.8 Å². The molecular weight excluding hydrogens is 384 g/mol. The summed E-state index contributed by atoms with van der Waals surface area (Å²) in [6, 6.07) is 27.4. The lowest BCUT2D eigenvalue weighted by Gasteiger charge is -2.34. The zero-order valence-corrected chi connectivity index (χ0v) is 17.4. The molecule has 1 aliphatic heterocycles. The van der Waals surface area contributed by atoms with Crippen LogP contribution in [-0.4, -0.2) is 11.7 Å². The van der Waals surface area contributed by atoms with E-state index in [-0.39, 0.29) is 17.6 Å². The number of allylic oxidation sites excluding steroid dienone is 1. The van der Waals surface area contributed by atoms with Gasteiger partial charge in [-0.15, -0.1) is 0 Å². The first-order chi connectivity index (χ1) is 15.1. The molecule has 2 atom stereocenters. The van der Waals surface area contributed by atoms with Gasteiger partial charge >= 0.3 is 0 Å². The second-order valence-electron chi connectivity index (χ2n) is 8.18. The van der Waals surface area contributed by atoms with Gasteiger partial charge in [-0.3, -0.25) is 14.5 Å². The highest BCUT2D eigenvalue weighted by atomic mass is 16.2. The Morgan fingerprint density at radius 2 is 1.45 bits per heavy atom. The molecule has 0 fully saturated rings. The maximum atomic E-state index is 13.6. The van der Waals surface area contributed by atoms with Crippen molar-refractivity contribution in [3.63, 3.8) is 0 Å². The fourth-order valence-electron chi connectivity index (χ4n) is 4.85. The lowest BCUT2D eigenvalue weighted by molar-refractivity contribution is -0.117. The van der Waals surface area contributed by atoms with Crippen LogP contribution in [0.1, 0.15) is 42.9 Å². The second kappa shape index (κ2) is 7.88. The molecule has 1 aliphatic carbocycles. The van der Waals surface area contributed by atoms with Crippen molar-refractivity contribution in [2.45, 2.75) is 31.7 Å². The van der Waals surface area contributed by atoms with Crippen molar-refractivity contribution < 1.29 is 9.59 Å². The molecule has 0 saturated heterocycles. The Kier molecular flexibility index (Phi) is 4.91. The second-order valence-corrected chi connectivity index (χ2v) is 8.18. The monoisotopic (exact) mass is 408 g/mol. The molecule has 2 aliphatic rings. The Bertz CT molecular complexity index is 1170. The molecule has 4 nitrogen and oxygen atoms in total. The van der Waals surface area contributed by atoms with Gasteiger partial charge in [0.15, 0.2) is 5.78 Å². The van der Waals surface area contributed by atoms with Gasteiger partial charge in [0.2, 0.25) is 5.91 Å². The first kappa shape index (κ1) is 19.3. The molecule has 31 heavy (non-hydrogen) atoms. The highest BCUT2D eigenvalue weighted by Gasteiger charge is 2.40. The van der Waals surface area contributed by atoms with E-state index < -0.39 is 6.04 Å². The molecule has 0 radical (unpaired) electrons. The van der Waals surface area contributed by atoms with Gasteiger partial charge in [0.1, 0.15) is 0 Å². The van der Waals surface area contributed by atoms with E-state index in [0.717, 1.165) is 29.1 Å². The van der Waals surface area contributed by atoms with Gasteiger partial charge in [-0.05, 0) is 35.6 Å². The molecule has 1 amide bonds. The van der Waals surface area contributed by atoms with E-state index in [1.807, 2.05) is 72.8 Å². The average molecular weight is 409 g/mol. The van der Waals surface area contributed by atoms with Gasteiger partial charge in [0.05, 0.1) is 17.4 Å². The quantitative estimate of drug-likeness (QED) is 0.600. The van der Waals surface area contributed by atoms with E-state index in [0.29, 0.717) is 12.0 Å². The number of fused-ring (bicyclic) bond motifs is 1. The summed E-state index contributed by atoms with van der Waals surface area (Å²) in [5.74, 6) is 0.123. The lowest BCUT2D eigenvalue weighted by atomic mass is 9.78. The summed E-state index contributed by atoms with van der Waals surface area (Å²) in [5, 5.41) is 3.54. The van der Waals surface area contributed by atoms with Crippen LogP contribution in [0.3, 0.4) is 0 Å². The highest BCUT2D eigenvalue weighted by molar-refractivity contribution is 6.05. The molecule has 0 saturated carbocycles. The maximum absolute atomic E-state index is 13.6. The number of para-hydroxylation sites is 2. The fourth-order valence-corrected chi connectivity index (χ4v) is 4.85. The zero-order chi connectivity index (χ0) is 21.4. The maximum Gasteiger partial charge on any atom is 0.224 e. The number of amides is 1. The number of Topliss-reactive ketones (excluding diaryl/α,β-unsaturated/α-hetero) is 1. The van der Waals surface area contributed by atoms with Crippen molar-refractivity contribution in [2.75, 3.05) is 10.2 Å². The number of hydrogen-bond donors (Lipinski definition) is 1. The molecule has 0 spiro atoms. The standard InChI is InChI=1S/C27H24N2O2/c1-18(30)29-24-15-9-8-14-22(24)28-23-16-21(19-10-4-2-5-11-19)17-25(31)26(23)27(29)20-12-6-3-7-13-20/h2-15,21,27-28H,16-17H2,1H3. The van der Waals surface area contributed by atoms with E-state index in [2.05, 4.69) is 17.4 Å². The summed E-state index contributed by atoms with van der Waals surface area (Å²) in [5.41, 5.74) is 5.36. The number of nitrogens with zero attached hydrogens (tertiary/aromatic N) is 1. The van der Waals surface area contributed by atoms with Crippen molar-refractivity contribution in [1.82, 2.24) is 0 Å². The third kappa shape index (κ3) is 3.44. The highest BCUT2D eigenvalue weighted by Crippen LogP contribution is 2.47. The van der Waals surface area contributed by atoms with E-state index in [9.17, 15) is 9.59 Å². The minimum absolute atomic E-state index is 0.0881. The number of nitrogens with one attached hydrogen (secondary N) is 1. The third-order valence-electron chi connectivity index (χ3n) is 6.21. The Labute approximate surface area is 182 Å². The van der Waals surface area contributed by atoms with Gasteiger partial charge < -0.3 is 5.32 Å². The van der Waals surface area contributed by atoms with Crippen LogP contribution in [0.25, 0.3) is 0 Å². The van der Waals surface area contributed by atoms with Crippen LogP contribution in [0.2, 0.25) is 0 Å². The molecule has 3 aromatic carbocycles. The number of ketones is 1. The van der Waals surface area contributed by atoms with Gasteiger partial charge in [0, 0.05) is 24.6 Å². The molecule has 2 unspecified atom stereocenters. The minimum atomic E-state index is -0.450. The minimum Gasteiger partial charge on any atom is -0.357 e. The summed E-state index contributed by atoms with van der Waals surface area (Å²) in [4.78, 5) is 28.3. The van der Waals surface area contributed by atoms with Crippen LogP contribution in [-0.2, 0) is 9.59 Å². The number of carbonyl (C=O) groups excluding carboxylic acids is 2. The van der Waals surface area contributed by atoms with Gasteiger partial charge in [-0.25, -0.2) is 0 Å². The van der Waals surface area contributed by atoms with Crippen LogP contribution in [0.15, 0.2) is 96.2 Å². The SMILES string of the molecule is CC(=O)N1c2ccccc2NC2=C(C(=O)CC(c3ccccc3)C2)C1c1ccccc1. The number of anilines is 2. The lowest BCUT2D eigenvalue weighted by Crippen LogP contribution is -2.37. The first-order valence-corrected chi connectivity index (χ1v) is 10.7. The number of rotatable bonds is 2. The Balaban J connectivity index is 1.71. The number of carbonyl (C=O) groups is 2. The summed E-state index contributed by atoms with van der Waals surface area (Å²) in [6.45, 7) is 1.57. The van der Waals surface area contributed by atoms with Crippen LogP contribution in [0, 0.1) is 0 Å². The number of hydrogen-bond acceptors (Lipinski definition) is 3. The van der Waals surface area contributed by atoms with E-state index in [1.54, 1.807) is 11.8 Å². The topological polar surface area (TPSA) is 49.4 Å². The molecule has 0 aromatic heterocycles. The summed E-state index contributed by atoms with van der Waals surface area (Å²) >= 11 is 0. The van der Waals surface area contributed by atoms with Crippen molar-refractivity contribution in [3.05, 3.63) is 107 Å². The number of benzene rings is 3. The van der Waals surface area contributed by atoms with Gasteiger partial charge in [-0.2, -0.15) is 0 Å². The molecule has 154 valence electrons. The van der Waals surface area contributed by atoms with Crippen LogP contribution >= 0.6 is 0 Å². The third-order valence-corrected chi connectivity index (χ3v) is 6.21. The van der Waals surface area contributed by atoms with E-state index in [1.165, 1.54) is 5.56 Å². The molecular formula is C27H24N2O2. The van der Waals surface area contributed by atoms with Crippen molar-refractivity contribution >= 4 is 23.1 Å². The summed E-state index contributed by atoms with van der Waals surface area (Å²) in [6.07, 6.45) is 1.17. The predicted octanol–water partition coefficient (Wildman–Crippen LogP) is 5.61. The van der Waals surface area contributed by atoms with E-state index >= 15 is 0 Å². The van der Waals surface area contributed by atoms with Crippen LogP contribution < -0.4 is 10.2 Å². The van der Waals surface area contributed by atoms with Gasteiger partial charge in [0.25, 0.3) is 0 Å². The predicted molar refractivity (Wildman–Crippen MR) is 123 cm³/mol. The van der Waals surface area contributed by atoms with Crippen LogP contribution in [0.5, 0.6) is 0 Å². The Morgan fingerprint density at radius 1 is 0.839 bits per heavy atom. The van der Waals surface area contributed by atoms with Crippen molar-refractivity contribution in [2.24, 2.45) is 0 Å². The Morgan fingerprint density at radius 3 is 2.13 bits per heavy atom. The molecule has 3 aromatic rings. The first-order valence-electron chi connectivity index (χ1n) is 10.7. The van der Waals surface area contributed by atoms with E-state index in [4.69, 9.17) is 0 Å². The fraction of sp³-hybridized carbons (Fsp3) is 0.185. The normalized spacial score (nSPS) is 20.4. The summed E-state index contributed by atoms with van der Waals surface area (Å²) in [7, 11) is 0. The summed E-state index contributed by atoms with van der Waals surface area (Å²) < 4.78 is 0. The Hall–Kier alpha value is -3.66. The molecule has 1 N–H and O–H groups in total. The van der Waals surface area contributed by atoms with Crippen molar-refractivity contribution in [3.8, 4) is 0 Å². The molecule has 5 rings (SSSR count). The zero-order valence-electron chi connectivity index (χ0n) is 17.4. The molecule has 0 bridgehead atoms. The average Bonchev–Trinajstić information content (AvgIpc) is 2.95. The molecule has 4 heteroatoms. The smallest absolute Gasteiger partial charge is 0.224 e.